The number of nitrogens with one attached hydrogen (secondary N) is 1. The molecule has 1 atom stereocenters. The van der Waals surface area contributed by atoms with Crippen LogP contribution in [0.15, 0.2) is 24.8 Å². The highest BCUT2D eigenvalue weighted by molar-refractivity contribution is 6.00. The number of rotatable bonds is 3. The molecule has 0 bridgehead atoms. The van der Waals surface area contributed by atoms with E-state index in [9.17, 15) is 4.79 Å². The van der Waals surface area contributed by atoms with E-state index in [1.807, 2.05) is 32.8 Å². The number of aromatic amines is 1. The van der Waals surface area contributed by atoms with Gasteiger partial charge in [-0.15, -0.1) is 0 Å². The van der Waals surface area contributed by atoms with Gasteiger partial charge in [0.05, 0.1) is 24.6 Å². The Morgan fingerprint density at radius 1 is 1.42 bits per heavy atom. The maximum absolute atomic E-state index is 12.0. The second-order valence-electron chi connectivity index (χ2n) is 6.70. The molecule has 0 radical (unpaired) electrons. The molecule has 0 aromatic carbocycles. The smallest absolute Gasteiger partial charge is 0.236 e. The molecule has 0 spiro atoms. The van der Waals surface area contributed by atoms with Crippen LogP contribution >= 0.6 is 0 Å². The highest BCUT2D eigenvalue weighted by Gasteiger charge is 2.25. The van der Waals surface area contributed by atoms with Gasteiger partial charge in [-0.2, -0.15) is 0 Å². The number of aromatic nitrogens is 4. The van der Waals surface area contributed by atoms with Crippen molar-refractivity contribution in [2.45, 2.75) is 18.9 Å². The molecule has 4 heterocycles. The molecular weight excluding hydrogens is 304 g/mol. The van der Waals surface area contributed by atoms with E-state index in [1.165, 1.54) is 0 Å². The molecule has 1 saturated heterocycles. The summed E-state index contributed by atoms with van der Waals surface area (Å²) in [5.41, 5.74) is 2.94. The lowest BCUT2D eigenvalue weighted by molar-refractivity contribution is -0.130. The first-order valence-electron chi connectivity index (χ1n) is 8.34. The van der Waals surface area contributed by atoms with Crippen LogP contribution in [-0.4, -0.2) is 69.0 Å². The van der Waals surface area contributed by atoms with Gasteiger partial charge < -0.3 is 14.5 Å². The fourth-order valence-corrected chi connectivity index (χ4v) is 3.54. The van der Waals surface area contributed by atoms with E-state index in [2.05, 4.69) is 30.5 Å². The van der Waals surface area contributed by atoms with Crippen molar-refractivity contribution in [3.8, 4) is 0 Å². The van der Waals surface area contributed by atoms with E-state index < -0.39 is 0 Å². The number of amides is 1. The minimum absolute atomic E-state index is 0.156. The lowest BCUT2D eigenvalue weighted by atomic mass is 10.0. The van der Waals surface area contributed by atoms with Crippen molar-refractivity contribution in [2.75, 3.05) is 33.7 Å². The largest absolute Gasteiger partial charge is 0.348 e. The lowest BCUT2D eigenvalue weighted by Gasteiger charge is -2.33. The number of likely N-dealkylation sites (tertiary alicyclic amines) is 1. The van der Waals surface area contributed by atoms with Gasteiger partial charge in [-0.1, -0.05) is 0 Å². The number of hydrogen-bond acceptors (Lipinski definition) is 4. The van der Waals surface area contributed by atoms with Gasteiger partial charge in [-0.25, -0.2) is 9.97 Å². The molecular formula is C17H22N6O. The number of H-pyrrole nitrogens is 1. The molecule has 3 aromatic rings. The van der Waals surface area contributed by atoms with Crippen LogP contribution in [0.3, 0.4) is 0 Å². The molecule has 1 N–H and O–H groups in total. The highest BCUT2D eigenvalue weighted by atomic mass is 16.2. The lowest BCUT2D eigenvalue weighted by Crippen LogP contribution is -2.42. The van der Waals surface area contributed by atoms with Gasteiger partial charge in [0.15, 0.2) is 0 Å². The number of hydrogen-bond donors (Lipinski definition) is 1. The molecule has 0 aliphatic carbocycles. The van der Waals surface area contributed by atoms with Crippen LogP contribution < -0.4 is 0 Å². The topological polar surface area (TPSA) is 70.1 Å². The highest BCUT2D eigenvalue weighted by Crippen LogP contribution is 2.29. The Bertz CT molecular complexity index is 880. The van der Waals surface area contributed by atoms with Crippen LogP contribution in [0.25, 0.3) is 22.1 Å². The Hall–Kier alpha value is -2.41. The normalized spacial score (nSPS) is 19.2. The SMILES string of the molecule is CN(C)C(=O)CN1CCC[C@@H](n2cnc3cnc4[nH]ccc4c32)C1. The molecule has 1 aliphatic rings. The van der Waals surface area contributed by atoms with E-state index in [4.69, 9.17) is 0 Å². The van der Waals surface area contributed by atoms with Crippen molar-refractivity contribution < 1.29 is 4.79 Å². The summed E-state index contributed by atoms with van der Waals surface area (Å²) in [5.74, 6) is 0.156. The molecule has 126 valence electrons. The zero-order chi connectivity index (χ0) is 16.7. The van der Waals surface area contributed by atoms with Gasteiger partial charge in [-0.3, -0.25) is 9.69 Å². The number of pyridine rings is 1. The third-order valence-corrected chi connectivity index (χ3v) is 4.85. The Morgan fingerprint density at radius 2 is 2.29 bits per heavy atom. The average molecular weight is 326 g/mol. The Morgan fingerprint density at radius 3 is 3.12 bits per heavy atom. The summed E-state index contributed by atoms with van der Waals surface area (Å²) in [6.45, 7) is 2.33. The minimum atomic E-state index is 0.156. The molecule has 0 unspecified atom stereocenters. The Balaban J connectivity index is 1.64. The number of carbonyl (C=O) groups is 1. The van der Waals surface area contributed by atoms with Crippen LogP contribution in [0.4, 0.5) is 0 Å². The molecule has 24 heavy (non-hydrogen) atoms. The van der Waals surface area contributed by atoms with Gasteiger partial charge in [-0.05, 0) is 25.5 Å². The zero-order valence-electron chi connectivity index (χ0n) is 14.1. The standard InChI is InChI=1S/C17H22N6O/c1-21(2)15(24)10-22-7-3-4-12(9-22)23-11-20-14-8-19-17-13(16(14)23)5-6-18-17/h5-6,8,11-12H,3-4,7,9-10H2,1-2H3,(H,18,19)/t12-/m1/s1. The molecule has 0 saturated carbocycles. The minimum Gasteiger partial charge on any atom is -0.348 e. The first-order valence-corrected chi connectivity index (χ1v) is 8.34. The number of likely N-dealkylation sites (N-methyl/N-ethyl adjacent to an activating group) is 1. The van der Waals surface area contributed by atoms with Gasteiger partial charge in [0, 0.05) is 38.3 Å². The van der Waals surface area contributed by atoms with Crippen molar-refractivity contribution in [2.24, 2.45) is 0 Å². The molecule has 7 nitrogen and oxygen atoms in total. The molecule has 3 aromatic heterocycles. The van der Waals surface area contributed by atoms with E-state index in [0.717, 1.165) is 48.0 Å². The van der Waals surface area contributed by atoms with Crippen LogP contribution in [0, 0.1) is 0 Å². The van der Waals surface area contributed by atoms with Crippen LogP contribution in [-0.2, 0) is 4.79 Å². The predicted molar refractivity (Wildman–Crippen MR) is 92.8 cm³/mol. The summed E-state index contributed by atoms with van der Waals surface area (Å²) in [5, 5.41) is 1.10. The number of imidazole rings is 1. The van der Waals surface area contributed by atoms with E-state index in [0.29, 0.717) is 12.6 Å². The van der Waals surface area contributed by atoms with Crippen LogP contribution in [0.1, 0.15) is 18.9 Å². The molecule has 1 fully saturated rings. The summed E-state index contributed by atoms with van der Waals surface area (Å²) in [7, 11) is 3.62. The number of nitrogens with zero attached hydrogens (tertiary/aromatic N) is 5. The second kappa shape index (κ2) is 5.90. The zero-order valence-corrected chi connectivity index (χ0v) is 14.1. The van der Waals surface area contributed by atoms with Crippen molar-refractivity contribution in [1.29, 1.82) is 0 Å². The summed E-state index contributed by atoms with van der Waals surface area (Å²) in [6.07, 6.45) is 7.84. The summed E-state index contributed by atoms with van der Waals surface area (Å²) >= 11 is 0. The molecule has 4 rings (SSSR count). The first kappa shape index (κ1) is 15.1. The van der Waals surface area contributed by atoms with Gasteiger partial charge in [0.2, 0.25) is 5.91 Å². The maximum Gasteiger partial charge on any atom is 0.236 e. The molecule has 1 aliphatic heterocycles. The summed E-state index contributed by atoms with van der Waals surface area (Å²) < 4.78 is 2.26. The predicted octanol–water partition coefficient (Wildman–Crippen LogP) is 1.64. The summed E-state index contributed by atoms with van der Waals surface area (Å²) in [6, 6.07) is 2.39. The monoisotopic (exact) mass is 326 g/mol. The second-order valence-corrected chi connectivity index (χ2v) is 6.70. The van der Waals surface area contributed by atoms with Gasteiger partial charge in [0.25, 0.3) is 0 Å². The quantitative estimate of drug-likeness (QED) is 0.794. The van der Waals surface area contributed by atoms with Crippen LogP contribution in [0.5, 0.6) is 0 Å². The van der Waals surface area contributed by atoms with E-state index in [1.54, 1.807) is 4.90 Å². The molecule has 1 amide bonds. The third-order valence-electron chi connectivity index (χ3n) is 4.85. The fraction of sp³-hybridized carbons (Fsp3) is 0.471. The average Bonchev–Trinajstić information content (AvgIpc) is 3.20. The van der Waals surface area contributed by atoms with Crippen molar-refractivity contribution in [3.05, 3.63) is 24.8 Å². The number of fused-ring (bicyclic) bond motifs is 3. The van der Waals surface area contributed by atoms with Gasteiger partial charge >= 0.3 is 0 Å². The van der Waals surface area contributed by atoms with Crippen molar-refractivity contribution in [3.63, 3.8) is 0 Å². The van der Waals surface area contributed by atoms with Crippen molar-refractivity contribution >= 4 is 28.0 Å². The number of carbonyl (C=O) groups excluding carboxylic acids is 1. The van der Waals surface area contributed by atoms with Crippen LogP contribution in [0.2, 0.25) is 0 Å². The van der Waals surface area contributed by atoms with Crippen molar-refractivity contribution in [1.82, 2.24) is 29.3 Å². The fourth-order valence-electron chi connectivity index (χ4n) is 3.54. The van der Waals surface area contributed by atoms with E-state index >= 15 is 0 Å². The maximum atomic E-state index is 12.0. The van der Waals surface area contributed by atoms with Gasteiger partial charge in [0.1, 0.15) is 11.2 Å². The third kappa shape index (κ3) is 2.54. The first-order chi connectivity index (χ1) is 11.6. The van der Waals surface area contributed by atoms with E-state index in [-0.39, 0.29) is 5.91 Å². The molecule has 7 heteroatoms. The summed E-state index contributed by atoms with van der Waals surface area (Å²) in [4.78, 5) is 28.0. The Labute approximate surface area is 140 Å². The Kier molecular flexibility index (Phi) is 3.72. The number of piperidine rings is 1.